The largest absolute Gasteiger partial charge is 0.493 e. The minimum Gasteiger partial charge on any atom is -0.493 e. The fourth-order valence-corrected chi connectivity index (χ4v) is 3.49. The summed E-state index contributed by atoms with van der Waals surface area (Å²) in [5, 5.41) is 3.79. The van der Waals surface area contributed by atoms with Gasteiger partial charge in [0.2, 0.25) is 0 Å². The van der Waals surface area contributed by atoms with Crippen molar-refractivity contribution < 1.29 is 4.74 Å². The third-order valence-electron chi connectivity index (χ3n) is 5.22. The predicted octanol–water partition coefficient (Wildman–Crippen LogP) is 5.90. The summed E-state index contributed by atoms with van der Waals surface area (Å²) in [7, 11) is 0. The molecule has 32 heavy (non-hydrogen) atoms. The molecule has 0 saturated heterocycles. The summed E-state index contributed by atoms with van der Waals surface area (Å²) in [5.41, 5.74) is 3.88. The van der Waals surface area contributed by atoms with Crippen LogP contribution in [-0.2, 0) is 0 Å². The summed E-state index contributed by atoms with van der Waals surface area (Å²) < 4.78 is 6.08. The fraction of sp³-hybridized carbons (Fsp3) is 0.296. The van der Waals surface area contributed by atoms with E-state index >= 15 is 0 Å². The Morgan fingerprint density at radius 3 is 2.38 bits per heavy atom. The maximum atomic E-state index is 6.08. The molecule has 0 aliphatic rings. The van der Waals surface area contributed by atoms with Gasteiger partial charge in [-0.25, -0.2) is 0 Å². The van der Waals surface area contributed by atoms with E-state index in [2.05, 4.69) is 57.5 Å². The lowest BCUT2D eigenvalue weighted by atomic mass is 10.0. The second-order valence-electron chi connectivity index (χ2n) is 7.62. The molecule has 0 aliphatic heterocycles. The van der Waals surface area contributed by atoms with Crippen molar-refractivity contribution in [2.45, 2.75) is 38.5 Å². The summed E-state index contributed by atoms with van der Waals surface area (Å²) in [6.07, 6.45) is 12.1. The van der Waals surface area contributed by atoms with Gasteiger partial charge in [-0.05, 0) is 36.6 Å². The van der Waals surface area contributed by atoms with Crippen LogP contribution in [0, 0.1) is 0 Å². The zero-order valence-corrected chi connectivity index (χ0v) is 18.6. The number of hydrazone groups is 1. The van der Waals surface area contributed by atoms with E-state index in [1.54, 1.807) is 18.6 Å². The highest BCUT2D eigenvalue weighted by Gasteiger charge is 2.05. The molecule has 166 valence electrons. The number of pyridine rings is 1. The number of benzene rings is 2. The highest BCUT2D eigenvalue weighted by molar-refractivity contribution is 6.38. The third-order valence-corrected chi connectivity index (χ3v) is 5.22. The van der Waals surface area contributed by atoms with E-state index < -0.39 is 0 Å². The Morgan fingerprint density at radius 1 is 0.844 bits per heavy atom. The van der Waals surface area contributed by atoms with Crippen molar-refractivity contribution in [1.82, 2.24) is 4.98 Å². The number of ether oxygens (including phenoxy) is 1. The molecule has 0 atom stereocenters. The van der Waals surface area contributed by atoms with Crippen LogP contribution in [0.15, 0.2) is 89.2 Å². The molecule has 5 heteroatoms. The lowest BCUT2D eigenvalue weighted by Gasteiger charge is -2.11. The Kier molecular flexibility index (Phi) is 9.97. The Morgan fingerprint density at radius 2 is 1.59 bits per heavy atom. The number of hydrogen-bond acceptors (Lipinski definition) is 5. The van der Waals surface area contributed by atoms with Gasteiger partial charge in [0.15, 0.2) is 0 Å². The highest BCUT2D eigenvalue weighted by atomic mass is 16.5. The van der Waals surface area contributed by atoms with Gasteiger partial charge in [0.05, 0.1) is 6.61 Å². The van der Waals surface area contributed by atoms with Crippen LogP contribution in [0.5, 0.6) is 5.75 Å². The van der Waals surface area contributed by atoms with Gasteiger partial charge in [-0.15, -0.1) is 0 Å². The minimum absolute atomic E-state index is 0.659. The molecule has 3 rings (SSSR count). The summed E-state index contributed by atoms with van der Waals surface area (Å²) >= 11 is 0. The van der Waals surface area contributed by atoms with Crippen molar-refractivity contribution in [3.05, 3.63) is 84.7 Å². The number of aromatic nitrogens is 1. The third kappa shape index (κ3) is 7.65. The molecule has 0 bridgehead atoms. The molecular weight excluding hydrogens is 396 g/mol. The first-order valence-electron chi connectivity index (χ1n) is 11.3. The van der Waals surface area contributed by atoms with Crippen molar-refractivity contribution >= 4 is 11.9 Å². The average Bonchev–Trinajstić information content (AvgIpc) is 2.86. The molecule has 5 nitrogen and oxygen atoms in total. The normalized spacial score (nSPS) is 11.7. The van der Waals surface area contributed by atoms with Crippen LogP contribution in [0.4, 0.5) is 0 Å². The van der Waals surface area contributed by atoms with Crippen LogP contribution < -0.4 is 10.6 Å². The maximum Gasteiger partial charge on any atom is 0.127 e. The SMILES string of the molecule is NN=C(C=NCCCCCCCCOc1ccccc1-c1ccccc1)c1cccnc1. The number of unbranched alkanes of at least 4 members (excludes halogenated alkanes) is 5. The molecule has 0 amide bonds. The van der Waals surface area contributed by atoms with Crippen LogP contribution in [-0.4, -0.2) is 30.1 Å². The summed E-state index contributed by atoms with van der Waals surface area (Å²) in [5.74, 6) is 6.42. The number of aliphatic imine (C=N–C) groups is 1. The second-order valence-corrected chi connectivity index (χ2v) is 7.62. The molecule has 3 aromatic rings. The molecule has 0 unspecified atom stereocenters. The lowest BCUT2D eigenvalue weighted by molar-refractivity contribution is 0.305. The lowest BCUT2D eigenvalue weighted by Crippen LogP contribution is -2.06. The molecule has 1 aromatic heterocycles. The highest BCUT2D eigenvalue weighted by Crippen LogP contribution is 2.29. The smallest absolute Gasteiger partial charge is 0.127 e. The van der Waals surface area contributed by atoms with Crippen molar-refractivity contribution in [1.29, 1.82) is 0 Å². The molecule has 0 radical (unpaired) electrons. The summed E-state index contributed by atoms with van der Waals surface area (Å²) in [6, 6.07) is 22.4. The molecule has 0 aliphatic carbocycles. The first kappa shape index (κ1) is 23.2. The summed E-state index contributed by atoms with van der Waals surface area (Å²) in [4.78, 5) is 8.53. The van der Waals surface area contributed by atoms with E-state index in [1.807, 2.05) is 24.3 Å². The van der Waals surface area contributed by atoms with Gasteiger partial charge >= 0.3 is 0 Å². The summed E-state index contributed by atoms with van der Waals surface area (Å²) in [6.45, 7) is 1.54. The monoisotopic (exact) mass is 428 g/mol. The van der Waals surface area contributed by atoms with E-state index in [1.165, 1.54) is 31.2 Å². The Bertz CT molecular complexity index is 971. The van der Waals surface area contributed by atoms with E-state index in [-0.39, 0.29) is 0 Å². The molecular formula is C27H32N4O. The first-order chi connectivity index (χ1) is 15.9. The Hall–Kier alpha value is -3.47. The van der Waals surface area contributed by atoms with Crippen molar-refractivity contribution in [3.63, 3.8) is 0 Å². The minimum atomic E-state index is 0.659. The van der Waals surface area contributed by atoms with Gasteiger partial charge < -0.3 is 10.6 Å². The Labute approximate surface area is 191 Å². The molecule has 0 saturated carbocycles. The fourth-order valence-electron chi connectivity index (χ4n) is 3.49. The van der Waals surface area contributed by atoms with Crippen molar-refractivity contribution in [2.24, 2.45) is 15.9 Å². The molecule has 1 heterocycles. The van der Waals surface area contributed by atoms with Gasteiger partial charge in [0, 0.05) is 36.3 Å². The molecule has 0 spiro atoms. The number of rotatable bonds is 13. The van der Waals surface area contributed by atoms with Gasteiger partial charge in [0.1, 0.15) is 11.5 Å². The van der Waals surface area contributed by atoms with Crippen molar-refractivity contribution in [2.75, 3.05) is 13.2 Å². The number of para-hydroxylation sites is 1. The van der Waals surface area contributed by atoms with Crippen LogP contribution >= 0.6 is 0 Å². The topological polar surface area (TPSA) is 72.9 Å². The van der Waals surface area contributed by atoms with Gasteiger partial charge in [-0.2, -0.15) is 5.10 Å². The standard InChI is InChI=1S/C27H32N4O/c28-31-26(24-15-12-19-29-21-24)22-30-18-10-3-1-2-4-11-20-32-27-17-9-8-16-25(27)23-13-6-5-7-14-23/h5-9,12-17,19,21-22H,1-4,10-11,18,20,28H2. The van der Waals surface area contributed by atoms with Crippen LogP contribution in [0.2, 0.25) is 0 Å². The molecule has 2 N–H and O–H groups in total. The molecule has 0 fully saturated rings. The van der Waals surface area contributed by atoms with Crippen LogP contribution in [0.1, 0.15) is 44.1 Å². The van der Waals surface area contributed by atoms with E-state index in [0.717, 1.165) is 42.9 Å². The first-order valence-corrected chi connectivity index (χ1v) is 11.3. The van der Waals surface area contributed by atoms with Crippen molar-refractivity contribution in [3.8, 4) is 16.9 Å². The van der Waals surface area contributed by atoms with E-state index in [4.69, 9.17) is 10.6 Å². The number of nitrogens with zero attached hydrogens (tertiary/aromatic N) is 3. The number of nitrogens with two attached hydrogens (primary N) is 1. The molecule has 2 aromatic carbocycles. The predicted molar refractivity (Wildman–Crippen MR) is 133 cm³/mol. The van der Waals surface area contributed by atoms with Gasteiger partial charge in [-0.1, -0.05) is 74.2 Å². The van der Waals surface area contributed by atoms with Gasteiger partial charge in [0.25, 0.3) is 0 Å². The maximum absolute atomic E-state index is 6.08. The van der Waals surface area contributed by atoms with Crippen LogP contribution in [0.25, 0.3) is 11.1 Å². The van der Waals surface area contributed by atoms with Crippen LogP contribution in [0.3, 0.4) is 0 Å². The number of hydrogen-bond donors (Lipinski definition) is 1. The Balaban J connectivity index is 1.26. The zero-order chi connectivity index (χ0) is 22.3. The second kappa shape index (κ2) is 13.8. The van der Waals surface area contributed by atoms with Gasteiger partial charge in [-0.3, -0.25) is 9.98 Å². The zero-order valence-electron chi connectivity index (χ0n) is 18.6. The average molecular weight is 429 g/mol. The van der Waals surface area contributed by atoms with E-state index in [9.17, 15) is 0 Å². The quantitative estimate of drug-likeness (QED) is 0.159. The van der Waals surface area contributed by atoms with E-state index in [0.29, 0.717) is 5.71 Å².